The van der Waals surface area contributed by atoms with Crippen LogP contribution < -0.4 is 14.9 Å². The molecule has 0 saturated carbocycles. The normalized spacial score (nSPS) is 12.8. The molecule has 1 N–H and O–H groups in total. The highest BCUT2D eigenvalue weighted by Gasteiger charge is 2.31. The van der Waals surface area contributed by atoms with Gasteiger partial charge < -0.3 is 10.1 Å². The Bertz CT molecular complexity index is 1870. The number of aromatic nitrogens is 4. The van der Waals surface area contributed by atoms with Gasteiger partial charge in [0.2, 0.25) is 0 Å². The van der Waals surface area contributed by atoms with Gasteiger partial charge in [0.15, 0.2) is 10.6 Å². The zero-order valence-corrected chi connectivity index (χ0v) is 27.0. The van der Waals surface area contributed by atoms with E-state index in [-0.39, 0.29) is 17.7 Å². The first-order valence-corrected chi connectivity index (χ1v) is 15.8. The van der Waals surface area contributed by atoms with Crippen LogP contribution in [0.5, 0.6) is 5.75 Å². The van der Waals surface area contributed by atoms with Crippen molar-refractivity contribution in [1.29, 1.82) is 0 Å². The molecule has 0 aliphatic carbocycles. The number of halogens is 3. The van der Waals surface area contributed by atoms with Crippen LogP contribution in [0.2, 0.25) is 0 Å². The van der Waals surface area contributed by atoms with E-state index in [1.54, 1.807) is 0 Å². The topological polar surface area (TPSA) is 86.3 Å². The fourth-order valence-electron chi connectivity index (χ4n) is 5.34. The molecule has 0 aliphatic rings. The van der Waals surface area contributed by atoms with Gasteiger partial charge in [-0.2, -0.15) is 4.99 Å². The third kappa shape index (κ3) is 7.74. The molecule has 0 fully saturated rings. The summed E-state index contributed by atoms with van der Waals surface area (Å²) in [6.07, 6.45) is -2.52. The Morgan fingerprint density at radius 1 is 1.02 bits per heavy atom. The predicted octanol–water partition coefficient (Wildman–Crippen LogP) is 8.23. The van der Waals surface area contributed by atoms with E-state index < -0.39 is 6.36 Å². The molecule has 12 heteroatoms. The number of benzene rings is 3. The zero-order valence-electron chi connectivity index (χ0n) is 26.2. The van der Waals surface area contributed by atoms with Crippen molar-refractivity contribution in [3.63, 3.8) is 0 Å². The van der Waals surface area contributed by atoms with E-state index in [2.05, 4.69) is 69.5 Å². The van der Waals surface area contributed by atoms with Gasteiger partial charge in [0, 0.05) is 23.2 Å². The standard InChI is InChI=1S/C34H35F3N6O2S/c1-21(2)30-23(4)7-6-8-29(30)43-24(5)19-46-33(43)40-32(44)38-18-17-22(3)25-9-11-26(12-10-25)31-39-20-42(41-31)27-13-15-28(16-14-27)45-34(35,36)37/h6-16,19-22H,17-18H2,1-5H3,(H,38,44)/b40-33-. The summed E-state index contributed by atoms with van der Waals surface area (Å²) < 4.78 is 44.8. The molecule has 46 heavy (non-hydrogen) atoms. The minimum absolute atomic E-state index is 0.173. The fourth-order valence-corrected chi connectivity index (χ4v) is 6.21. The van der Waals surface area contributed by atoms with Crippen molar-refractivity contribution < 1.29 is 22.7 Å². The molecule has 8 nitrogen and oxygen atoms in total. The number of nitrogens with zero attached hydrogens (tertiary/aromatic N) is 5. The van der Waals surface area contributed by atoms with Crippen LogP contribution >= 0.6 is 11.3 Å². The highest BCUT2D eigenvalue weighted by atomic mass is 32.1. The van der Waals surface area contributed by atoms with Crippen LogP contribution in [0.4, 0.5) is 18.0 Å². The van der Waals surface area contributed by atoms with E-state index in [9.17, 15) is 18.0 Å². The zero-order chi connectivity index (χ0) is 33.0. The Labute approximate surface area is 269 Å². The number of nitrogens with one attached hydrogen (secondary N) is 1. The molecule has 0 aliphatic heterocycles. The monoisotopic (exact) mass is 648 g/mol. The minimum atomic E-state index is -4.75. The van der Waals surface area contributed by atoms with Crippen LogP contribution in [0, 0.1) is 13.8 Å². The Hall–Kier alpha value is -4.71. The second-order valence-electron chi connectivity index (χ2n) is 11.4. The van der Waals surface area contributed by atoms with Crippen molar-refractivity contribution in [3.05, 3.63) is 106 Å². The lowest BCUT2D eigenvalue weighted by Gasteiger charge is -2.17. The molecule has 2 aromatic heterocycles. The van der Waals surface area contributed by atoms with Gasteiger partial charge in [0.1, 0.15) is 12.1 Å². The van der Waals surface area contributed by atoms with Gasteiger partial charge in [-0.1, -0.05) is 57.2 Å². The molecular weight excluding hydrogens is 613 g/mol. The first-order valence-electron chi connectivity index (χ1n) is 14.9. The lowest BCUT2D eigenvalue weighted by molar-refractivity contribution is -0.274. The summed E-state index contributed by atoms with van der Waals surface area (Å²) in [5.74, 6) is 0.673. The maximum Gasteiger partial charge on any atom is 0.573 e. The second-order valence-corrected chi connectivity index (χ2v) is 12.2. The summed E-state index contributed by atoms with van der Waals surface area (Å²) >= 11 is 1.45. The van der Waals surface area contributed by atoms with Crippen molar-refractivity contribution >= 4 is 17.4 Å². The number of carbonyl (C=O) groups is 1. The second kappa shape index (κ2) is 13.7. The molecule has 2 heterocycles. The highest BCUT2D eigenvalue weighted by Crippen LogP contribution is 2.28. The summed E-state index contributed by atoms with van der Waals surface area (Å²) in [5, 5.41) is 9.41. The third-order valence-electron chi connectivity index (χ3n) is 7.61. The van der Waals surface area contributed by atoms with Crippen LogP contribution in [0.1, 0.15) is 61.4 Å². The number of urea groups is 1. The van der Waals surface area contributed by atoms with Gasteiger partial charge in [-0.3, -0.25) is 4.57 Å². The minimum Gasteiger partial charge on any atom is -0.406 e. The van der Waals surface area contributed by atoms with Crippen LogP contribution in [-0.2, 0) is 0 Å². The Morgan fingerprint density at radius 2 is 1.74 bits per heavy atom. The molecule has 0 saturated heterocycles. The molecule has 5 rings (SSSR count). The summed E-state index contributed by atoms with van der Waals surface area (Å²) in [5.41, 5.74) is 6.97. The van der Waals surface area contributed by atoms with Gasteiger partial charge in [0.05, 0.1) is 11.4 Å². The van der Waals surface area contributed by atoms with Crippen molar-refractivity contribution in [2.45, 2.75) is 59.2 Å². The number of amides is 2. The smallest absolute Gasteiger partial charge is 0.406 e. The number of hydrogen-bond acceptors (Lipinski definition) is 5. The summed E-state index contributed by atoms with van der Waals surface area (Å²) in [7, 11) is 0. The lowest BCUT2D eigenvalue weighted by Crippen LogP contribution is -2.26. The first-order chi connectivity index (χ1) is 21.9. The average molecular weight is 649 g/mol. The van der Waals surface area contributed by atoms with Crippen molar-refractivity contribution in [3.8, 4) is 28.5 Å². The average Bonchev–Trinajstić information content (AvgIpc) is 3.63. The third-order valence-corrected chi connectivity index (χ3v) is 8.56. The summed E-state index contributed by atoms with van der Waals surface area (Å²) in [6, 6.07) is 19.1. The number of alkyl halides is 3. The van der Waals surface area contributed by atoms with Crippen molar-refractivity contribution in [2.24, 2.45) is 4.99 Å². The van der Waals surface area contributed by atoms with Crippen LogP contribution in [-0.4, -0.2) is 38.3 Å². The molecule has 0 radical (unpaired) electrons. The van der Waals surface area contributed by atoms with E-state index in [0.717, 1.165) is 28.9 Å². The van der Waals surface area contributed by atoms with Gasteiger partial charge in [-0.25, -0.2) is 14.5 Å². The van der Waals surface area contributed by atoms with E-state index >= 15 is 0 Å². The fraction of sp³-hybridized carbons (Fsp3) is 0.294. The maximum absolute atomic E-state index is 12.8. The van der Waals surface area contributed by atoms with Crippen molar-refractivity contribution in [1.82, 2.24) is 24.6 Å². The molecule has 1 atom stereocenters. The molecule has 3 aromatic carbocycles. The van der Waals surface area contributed by atoms with E-state index in [0.29, 0.717) is 28.8 Å². The van der Waals surface area contributed by atoms with E-state index in [1.165, 1.54) is 57.7 Å². The number of ether oxygens (including phenoxy) is 1. The molecule has 2 amide bonds. The molecule has 5 aromatic rings. The van der Waals surface area contributed by atoms with Crippen LogP contribution in [0.3, 0.4) is 0 Å². The lowest BCUT2D eigenvalue weighted by atomic mass is 9.96. The van der Waals surface area contributed by atoms with E-state index in [1.807, 2.05) is 42.6 Å². The molecule has 240 valence electrons. The number of thiazole rings is 1. The number of carbonyl (C=O) groups excluding carboxylic acids is 1. The number of hydrogen-bond donors (Lipinski definition) is 1. The molecule has 0 bridgehead atoms. The SMILES string of the molecule is Cc1cccc(-n2c(C)cs/c2=N\C(=O)NCCC(C)c2ccc(-c3ncn(-c4ccc(OC(F)(F)F)cc4)n3)cc2)c1C(C)C. The van der Waals surface area contributed by atoms with Gasteiger partial charge in [-0.05, 0) is 79.1 Å². The number of rotatable bonds is 9. The van der Waals surface area contributed by atoms with E-state index in [4.69, 9.17) is 0 Å². The van der Waals surface area contributed by atoms with Gasteiger partial charge in [-0.15, -0.1) is 29.6 Å². The summed E-state index contributed by atoms with van der Waals surface area (Å²) in [4.78, 5) is 22.2. The largest absolute Gasteiger partial charge is 0.573 e. The molecule has 1 unspecified atom stereocenters. The van der Waals surface area contributed by atoms with Crippen LogP contribution in [0.25, 0.3) is 22.8 Å². The molecule has 0 spiro atoms. The van der Waals surface area contributed by atoms with Gasteiger partial charge in [0.25, 0.3) is 0 Å². The Balaban J connectivity index is 1.19. The summed E-state index contributed by atoms with van der Waals surface area (Å²) in [6.45, 7) is 11.0. The predicted molar refractivity (Wildman–Crippen MR) is 173 cm³/mol. The van der Waals surface area contributed by atoms with Crippen molar-refractivity contribution in [2.75, 3.05) is 6.54 Å². The highest BCUT2D eigenvalue weighted by molar-refractivity contribution is 7.07. The Morgan fingerprint density at radius 3 is 2.41 bits per heavy atom. The molecular formula is C34H35F3N6O2S. The van der Waals surface area contributed by atoms with Crippen LogP contribution in [0.15, 0.2) is 83.4 Å². The Kier molecular flexibility index (Phi) is 9.76. The number of aryl methyl sites for hydroxylation is 2. The first kappa shape index (κ1) is 32.7. The van der Waals surface area contributed by atoms with Gasteiger partial charge >= 0.3 is 12.4 Å². The maximum atomic E-state index is 12.8. The quantitative estimate of drug-likeness (QED) is 0.175.